The topological polar surface area (TPSA) is 63.9 Å². The first-order valence-corrected chi connectivity index (χ1v) is 4.75. The minimum atomic E-state index is 0.280. The van der Waals surface area contributed by atoms with Gasteiger partial charge < -0.3 is 15.5 Å². The van der Waals surface area contributed by atoms with Gasteiger partial charge in [0.25, 0.3) is 6.01 Å². The van der Waals surface area contributed by atoms with Crippen LogP contribution < -0.4 is 10.5 Å². The number of aromatic nitrogens is 2. The molecule has 1 aromatic rings. The summed E-state index contributed by atoms with van der Waals surface area (Å²) in [5, 5.41) is 0. The molecule has 0 aromatic carbocycles. The van der Waals surface area contributed by atoms with Gasteiger partial charge in [-0.05, 0) is 19.8 Å². The van der Waals surface area contributed by atoms with E-state index in [1.807, 2.05) is 6.92 Å². The molecule has 4 nitrogen and oxygen atoms in total. The van der Waals surface area contributed by atoms with Crippen LogP contribution in [-0.4, -0.2) is 22.6 Å². The van der Waals surface area contributed by atoms with Gasteiger partial charge in [-0.1, -0.05) is 0 Å². The van der Waals surface area contributed by atoms with Crippen molar-refractivity contribution in [3.63, 3.8) is 0 Å². The lowest BCUT2D eigenvalue weighted by Crippen LogP contribution is -2.27. The Balaban J connectivity index is 2.18. The molecule has 0 saturated carbocycles. The van der Waals surface area contributed by atoms with E-state index in [1.165, 1.54) is 0 Å². The third kappa shape index (κ3) is 1.67. The van der Waals surface area contributed by atoms with Gasteiger partial charge in [0.15, 0.2) is 0 Å². The molecule has 1 atom stereocenters. The molecule has 0 saturated heterocycles. The summed E-state index contributed by atoms with van der Waals surface area (Å²) >= 11 is 0. The zero-order valence-electron chi connectivity index (χ0n) is 7.84. The van der Waals surface area contributed by atoms with Gasteiger partial charge in [-0.25, -0.2) is 4.98 Å². The Bertz CT molecular complexity index is 295. The zero-order valence-corrected chi connectivity index (χ0v) is 7.84. The maximum absolute atomic E-state index is 5.84. The molecule has 0 bridgehead atoms. The van der Waals surface area contributed by atoms with Crippen LogP contribution in [0.3, 0.4) is 0 Å². The predicted octanol–water partition coefficient (Wildman–Crippen LogP) is 0.624. The van der Waals surface area contributed by atoms with Gasteiger partial charge in [0.2, 0.25) is 0 Å². The summed E-state index contributed by atoms with van der Waals surface area (Å²) < 4.78 is 5.29. The Kier molecular flexibility index (Phi) is 2.22. The van der Waals surface area contributed by atoms with Crippen molar-refractivity contribution in [2.45, 2.75) is 32.2 Å². The van der Waals surface area contributed by atoms with Crippen LogP contribution in [-0.2, 0) is 12.8 Å². The van der Waals surface area contributed by atoms with E-state index in [9.17, 15) is 0 Å². The van der Waals surface area contributed by atoms with Crippen LogP contribution in [0.25, 0.3) is 0 Å². The number of imidazole rings is 1. The lowest BCUT2D eigenvalue weighted by Gasteiger charge is -2.15. The molecule has 1 aliphatic carbocycles. The van der Waals surface area contributed by atoms with Gasteiger partial charge in [-0.3, -0.25) is 0 Å². The fraction of sp³-hybridized carbons (Fsp3) is 0.667. The molecule has 0 aliphatic heterocycles. The lowest BCUT2D eigenvalue weighted by atomic mass is 9.97. The third-order valence-corrected chi connectivity index (χ3v) is 2.34. The molecule has 1 aromatic heterocycles. The highest BCUT2D eigenvalue weighted by atomic mass is 16.5. The molecule has 1 heterocycles. The predicted molar refractivity (Wildman–Crippen MR) is 49.8 cm³/mol. The second-order valence-electron chi connectivity index (χ2n) is 3.40. The lowest BCUT2D eigenvalue weighted by molar-refractivity contribution is 0.315. The normalized spacial score (nSPS) is 21.2. The Morgan fingerprint density at radius 2 is 2.54 bits per heavy atom. The summed E-state index contributed by atoms with van der Waals surface area (Å²) in [5.41, 5.74) is 8.13. The van der Waals surface area contributed by atoms with Crippen molar-refractivity contribution in [3.8, 4) is 6.01 Å². The van der Waals surface area contributed by atoms with Gasteiger partial charge in [0.05, 0.1) is 12.3 Å². The molecule has 0 amide bonds. The van der Waals surface area contributed by atoms with E-state index in [0.29, 0.717) is 12.6 Å². The molecule has 2 rings (SSSR count). The van der Waals surface area contributed by atoms with Crippen LogP contribution in [0.4, 0.5) is 0 Å². The molecule has 72 valence electrons. The maximum Gasteiger partial charge on any atom is 0.293 e. The van der Waals surface area contributed by atoms with Crippen LogP contribution in [0.1, 0.15) is 24.7 Å². The number of fused-ring (bicyclic) bond motifs is 1. The molecule has 13 heavy (non-hydrogen) atoms. The summed E-state index contributed by atoms with van der Waals surface area (Å²) in [5.74, 6) is 0. The molecule has 3 N–H and O–H groups in total. The average Bonchev–Trinajstić information content (AvgIpc) is 2.46. The Labute approximate surface area is 77.5 Å². The van der Waals surface area contributed by atoms with Crippen molar-refractivity contribution in [1.82, 2.24) is 9.97 Å². The monoisotopic (exact) mass is 181 g/mol. The minimum absolute atomic E-state index is 0.280. The highest BCUT2D eigenvalue weighted by Gasteiger charge is 2.19. The van der Waals surface area contributed by atoms with E-state index in [4.69, 9.17) is 10.5 Å². The molecule has 4 heteroatoms. The van der Waals surface area contributed by atoms with Gasteiger partial charge >= 0.3 is 0 Å². The number of aryl methyl sites for hydroxylation is 1. The SMILES string of the molecule is CCOc1nc2c([nH]1)CC(N)CC2. The quantitative estimate of drug-likeness (QED) is 0.703. The Morgan fingerprint density at radius 3 is 3.31 bits per heavy atom. The van der Waals surface area contributed by atoms with Crippen LogP contribution in [0.2, 0.25) is 0 Å². The van der Waals surface area contributed by atoms with Crippen molar-refractivity contribution < 1.29 is 4.74 Å². The molecular weight excluding hydrogens is 166 g/mol. The van der Waals surface area contributed by atoms with Crippen molar-refractivity contribution >= 4 is 0 Å². The van der Waals surface area contributed by atoms with E-state index >= 15 is 0 Å². The van der Waals surface area contributed by atoms with Crippen molar-refractivity contribution in [3.05, 3.63) is 11.4 Å². The number of rotatable bonds is 2. The second kappa shape index (κ2) is 3.38. The van der Waals surface area contributed by atoms with E-state index in [-0.39, 0.29) is 6.04 Å². The minimum Gasteiger partial charge on any atom is -0.465 e. The fourth-order valence-electron chi connectivity index (χ4n) is 1.69. The van der Waals surface area contributed by atoms with E-state index in [0.717, 1.165) is 30.7 Å². The highest BCUT2D eigenvalue weighted by Crippen LogP contribution is 2.20. The average molecular weight is 181 g/mol. The Morgan fingerprint density at radius 1 is 1.69 bits per heavy atom. The van der Waals surface area contributed by atoms with Gasteiger partial charge in [-0.2, -0.15) is 0 Å². The summed E-state index contributed by atoms with van der Waals surface area (Å²) in [7, 11) is 0. The first-order chi connectivity index (χ1) is 6.29. The summed E-state index contributed by atoms with van der Waals surface area (Å²) in [6.07, 6.45) is 2.90. The van der Waals surface area contributed by atoms with E-state index in [1.54, 1.807) is 0 Å². The fourth-order valence-corrected chi connectivity index (χ4v) is 1.69. The van der Waals surface area contributed by atoms with E-state index in [2.05, 4.69) is 9.97 Å². The van der Waals surface area contributed by atoms with Gasteiger partial charge in [0, 0.05) is 18.2 Å². The molecule has 0 radical (unpaired) electrons. The number of nitrogens with two attached hydrogens (primary N) is 1. The first-order valence-electron chi connectivity index (χ1n) is 4.75. The van der Waals surface area contributed by atoms with Crippen LogP contribution in [0, 0.1) is 0 Å². The standard InChI is InChI=1S/C9H15N3O/c1-2-13-9-11-7-4-3-6(10)5-8(7)12-9/h6H,2-5,10H2,1H3,(H,11,12). The van der Waals surface area contributed by atoms with Crippen molar-refractivity contribution in [2.24, 2.45) is 5.73 Å². The number of nitrogens with zero attached hydrogens (tertiary/aromatic N) is 1. The third-order valence-electron chi connectivity index (χ3n) is 2.34. The molecule has 0 spiro atoms. The summed E-state index contributed by atoms with van der Waals surface area (Å²) in [4.78, 5) is 7.49. The van der Waals surface area contributed by atoms with Gasteiger partial charge in [0.1, 0.15) is 0 Å². The first kappa shape index (κ1) is 8.56. The Hall–Kier alpha value is -1.03. The van der Waals surface area contributed by atoms with Crippen LogP contribution >= 0.6 is 0 Å². The summed E-state index contributed by atoms with van der Waals surface area (Å²) in [6, 6.07) is 0.920. The van der Waals surface area contributed by atoms with Crippen molar-refractivity contribution in [1.29, 1.82) is 0 Å². The van der Waals surface area contributed by atoms with E-state index < -0.39 is 0 Å². The molecule has 1 aliphatic rings. The van der Waals surface area contributed by atoms with Gasteiger partial charge in [-0.15, -0.1) is 0 Å². The van der Waals surface area contributed by atoms with Crippen LogP contribution in [0.5, 0.6) is 6.01 Å². The number of aromatic amines is 1. The molecule has 1 unspecified atom stereocenters. The smallest absolute Gasteiger partial charge is 0.293 e. The number of ether oxygens (including phenoxy) is 1. The molecular formula is C9H15N3O. The highest BCUT2D eigenvalue weighted by molar-refractivity contribution is 5.21. The number of nitrogens with one attached hydrogen (secondary N) is 1. The van der Waals surface area contributed by atoms with Crippen molar-refractivity contribution in [2.75, 3.05) is 6.61 Å². The number of hydrogen-bond donors (Lipinski definition) is 2. The summed E-state index contributed by atoms with van der Waals surface area (Å²) in [6.45, 7) is 2.60. The number of H-pyrrole nitrogens is 1. The molecule has 0 fully saturated rings. The zero-order chi connectivity index (χ0) is 9.26. The number of hydrogen-bond acceptors (Lipinski definition) is 3. The largest absolute Gasteiger partial charge is 0.465 e. The van der Waals surface area contributed by atoms with Crippen LogP contribution in [0.15, 0.2) is 0 Å². The maximum atomic E-state index is 5.84. The second-order valence-corrected chi connectivity index (χ2v) is 3.40.